The van der Waals surface area contributed by atoms with Gasteiger partial charge in [0, 0.05) is 18.6 Å². The number of hydrogen-bond donors (Lipinski definition) is 2. The Morgan fingerprint density at radius 2 is 1.61 bits per heavy atom. The molecular formula is C20H26ClN3O4. The van der Waals surface area contributed by atoms with E-state index in [1.807, 2.05) is 24.3 Å². The summed E-state index contributed by atoms with van der Waals surface area (Å²) in [4.78, 5) is 4.21. The highest BCUT2D eigenvalue weighted by Gasteiger charge is 2.13. The molecule has 0 radical (unpaired) electrons. The highest BCUT2D eigenvalue weighted by molar-refractivity contribution is 6.30. The molecule has 2 rings (SSSR count). The minimum absolute atomic E-state index is 0.493. The topological polar surface area (TPSA) is 73.3 Å². The van der Waals surface area contributed by atoms with E-state index in [2.05, 4.69) is 15.6 Å². The van der Waals surface area contributed by atoms with E-state index in [0.29, 0.717) is 47.9 Å². The molecule has 0 atom stereocenters. The summed E-state index contributed by atoms with van der Waals surface area (Å²) in [6, 6.07) is 11.0. The van der Waals surface area contributed by atoms with Crippen LogP contribution in [0.5, 0.6) is 23.0 Å². The van der Waals surface area contributed by atoms with Gasteiger partial charge in [0.15, 0.2) is 17.5 Å². The molecule has 2 aromatic rings. The fraction of sp³-hybridized carbons (Fsp3) is 0.350. The standard InChI is InChI=1S/C20H26ClN3O4/c1-22-20(23-9-10-28-16-7-5-15(21)6-8-16)24-13-14-11-17(25-2)19(27-4)18(12-14)26-3/h5-8,11-12H,9-10,13H2,1-4H3,(H2,22,23,24). The summed E-state index contributed by atoms with van der Waals surface area (Å²) >= 11 is 5.86. The van der Waals surface area contributed by atoms with E-state index in [4.69, 9.17) is 30.5 Å². The van der Waals surface area contributed by atoms with E-state index in [1.54, 1.807) is 40.5 Å². The van der Waals surface area contributed by atoms with Gasteiger partial charge in [-0.05, 0) is 42.0 Å². The van der Waals surface area contributed by atoms with Crippen LogP contribution in [0.2, 0.25) is 5.02 Å². The van der Waals surface area contributed by atoms with E-state index in [9.17, 15) is 0 Å². The van der Waals surface area contributed by atoms with Crippen molar-refractivity contribution in [3.63, 3.8) is 0 Å². The van der Waals surface area contributed by atoms with Crippen LogP contribution in [0.3, 0.4) is 0 Å². The van der Waals surface area contributed by atoms with E-state index in [-0.39, 0.29) is 0 Å². The highest BCUT2D eigenvalue weighted by atomic mass is 35.5. The van der Waals surface area contributed by atoms with E-state index in [1.165, 1.54) is 0 Å². The number of rotatable bonds is 9. The molecule has 7 nitrogen and oxygen atoms in total. The van der Waals surface area contributed by atoms with Crippen LogP contribution >= 0.6 is 11.6 Å². The van der Waals surface area contributed by atoms with Crippen molar-refractivity contribution in [1.29, 1.82) is 0 Å². The van der Waals surface area contributed by atoms with Gasteiger partial charge in [-0.15, -0.1) is 0 Å². The summed E-state index contributed by atoms with van der Waals surface area (Å²) in [5.41, 5.74) is 0.967. The predicted molar refractivity (Wildman–Crippen MR) is 111 cm³/mol. The van der Waals surface area contributed by atoms with Crippen LogP contribution < -0.4 is 29.6 Å². The molecule has 0 saturated carbocycles. The van der Waals surface area contributed by atoms with Gasteiger partial charge < -0.3 is 29.6 Å². The number of benzene rings is 2. The molecule has 0 heterocycles. The molecule has 0 spiro atoms. The zero-order valence-corrected chi connectivity index (χ0v) is 17.3. The molecule has 0 bridgehead atoms. The monoisotopic (exact) mass is 407 g/mol. The summed E-state index contributed by atoms with van der Waals surface area (Å²) in [7, 11) is 6.48. The number of halogens is 1. The molecule has 0 unspecified atom stereocenters. The Morgan fingerprint density at radius 3 is 2.14 bits per heavy atom. The number of hydrogen-bond acceptors (Lipinski definition) is 5. The van der Waals surface area contributed by atoms with Crippen LogP contribution in [0.4, 0.5) is 0 Å². The lowest BCUT2D eigenvalue weighted by Gasteiger charge is -2.16. The Hall–Kier alpha value is -2.80. The number of ether oxygens (including phenoxy) is 4. The third-order valence-electron chi connectivity index (χ3n) is 3.88. The lowest BCUT2D eigenvalue weighted by molar-refractivity contribution is 0.322. The average Bonchev–Trinajstić information content (AvgIpc) is 2.73. The van der Waals surface area contributed by atoms with Gasteiger partial charge in [-0.2, -0.15) is 0 Å². The zero-order chi connectivity index (χ0) is 20.4. The molecule has 28 heavy (non-hydrogen) atoms. The summed E-state index contributed by atoms with van der Waals surface area (Å²) in [5, 5.41) is 7.13. The maximum atomic E-state index is 5.86. The molecule has 0 aliphatic rings. The first-order valence-electron chi connectivity index (χ1n) is 8.73. The molecule has 152 valence electrons. The van der Waals surface area contributed by atoms with E-state index in [0.717, 1.165) is 11.3 Å². The summed E-state index contributed by atoms with van der Waals surface area (Å²) in [5.74, 6) is 3.21. The minimum atomic E-state index is 0.493. The largest absolute Gasteiger partial charge is 0.493 e. The van der Waals surface area contributed by atoms with Gasteiger partial charge in [0.25, 0.3) is 0 Å². The molecule has 0 aromatic heterocycles. The normalized spacial score (nSPS) is 11.0. The first-order chi connectivity index (χ1) is 13.6. The highest BCUT2D eigenvalue weighted by Crippen LogP contribution is 2.38. The van der Waals surface area contributed by atoms with E-state index >= 15 is 0 Å². The predicted octanol–water partition coefficient (Wildman–Crippen LogP) is 3.11. The van der Waals surface area contributed by atoms with Crippen molar-refractivity contribution < 1.29 is 18.9 Å². The van der Waals surface area contributed by atoms with Crippen LogP contribution in [0, 0.1) is 0 Å². The maximum Gasteiger partial charge on any atom is 0.203 e. The molecule has 0 amide bonds. The molecule has 2 N–H and O–H groups in total. The van der Waals surface area contributed by atoms with Crippen LogP contribution in [0.1, 0.15) is 5.56 Å². The van der Waals surface area contributed by atoms with Crippen LogP contribution in [-0.2, 0) is 6.54 Å². The lowest BCUT2D eigenvalue weighted by Crippen LogP contribution is -2.38. The Labute approximate surface area is 170 Å². The van der Waals surface area contributed by atoms with Gasteiger partial charge in [-0.3, -0.25) is 4.99 Å². The van der Waals surface area contributed by atoms with Gasteiger partial charge in [-0.25, -0.2) is 0 Å². The first kappa shape index (κ1) is 21.5. The van der Waals surface area contributed by atoms with Crippen molar-refractivity contribution in [1.82, 2.24) is 10.6 Å². The third kappa shape index (κ3) is 6.13. The van der Waals surface area contributed by atoms with E-state index < -0.39 is 0 Å². The molecule has 8 heteroatoms. The summed E-state index contributed by atoms with van der Waals surface area (Å²) < 4.78 is 21.8. The molecular weight excluding hydrogens is 382 g/mol. The third-order valence-corrected chi connectivity index (χ3v) is 4.14. The molecule has 0 aliphatic carbocycles. The molecule has 0 saturated heterocycles. The van der Waals surface area contributed by atoms with Gasteiger partial charge in [-0.1, -0.05) is 11.6 Å². The van der Waals surface area contributed by atoms with Crippen molar-refractivity contribution in [3.05, 3.63) is 47.0 Å². The fourth-order valence-electron chi connectivity index (χ4n) is 2.51. The Kier molecular flexibility index (Phi) is 8.55. The van der Waals surface area contributed by atoms with Crippen LogP contribution in [0.25, 0.3) is 0 Å². The molecule has 2 aromatic carbocycles. The first-order valence-corrected chi connectivity index (χ1v) is 9.10. The molecule has 0 fully saturated rings. The van der Waals surface area contributed by atoms with Gasteiger partial charge in [0.05, 0.1) is 27.9 Å². The number of aliphatic imine (C=N–C) groups is 1. The SMILES string of the molecule is CN=C(NCCOc1ccc(Cl)cc1)NCc1cc(OC)c(OC)c(OC)c1. The maximum absolute atomic E-state index is 5.86. The lowest BCUT2D eigenvalue weighted by atomic mass is 10.2. The van der Waals surface area contributed by atoms with Crippen molar-refractivity contribution in [3.8, 4) is 23.0 Å². The average molecular weight is 408 g/mol. The van der Waals surface area contributed by atoms with Crippen molar-refractivity contribution in [2.75, 3.05) is 41.5 Å². The number of guanidine groups is 1. The van der Waals surface area contributed by atoms with Crippen LogP contribution in [0.15, 0.2) is 41.4 Å². The second kappa shape index (κ2) is 11.1. The second-order valence-electron chi connectivity index (χ2n) is 5.69. The van der Waals surface area contributed by atoms with Crippen molar-refractivity contribution >= 4 is 17.6 Å². The van der Waals surface area contributed by atoms with Crippen molar-refractivity contribution in [2.45, 2.75) is 6.54 Å². The molecule has 0 aliphatic heterocycles. The second-order valence-corrected chi connectivity index (χ2v) is 6.12. The summed E-state index contributed by atoms with van der Waals surface area (Å²) in [6.07, 6.45) is 0. The van der Waals surface area contributed by atoms with Gasteiger partial charge in [0.1, 0.15) is 12.4 Å². The summed E-state index contributed by atoms with van der Waals surface area (Å²) in [6.45, 7) is 1.62. The van der Waals surface area contributed by atoms with Crippen molar-refractivity contribution in [2.24, 2.45) is 4.99 Å². The minimum Gasteiger partial charge on any atom is -0.493 e. The van der Waals surface area contributed by atoms with Gasteiger partial charge in [0.2, 0.25) is 5.75 Å². The zero-order valence-electron chi connectivity index (χ0n) is 16.5. The number of nitrogens with one attached hydrogen (secondary N) is 2. The number of nitrogens with zero attached hydrogens (tertiary/aromatic N) is 1. The quantitative estimate of drug-likeness (QED) is 0.378. The Balaban J connectivity index is 1.85. The van der Waals surface area contributed by atoms with Gasteiger partial charge >= 0.3 is 0 Å². The van der Waals surface area contributed by atoms with Crippen LogP contribution in [-0.4, -0.2) is 47.5 Å². The number of methoxy groups -OCH3 is 3. The Bertz CT molecular complexity index is 757. The Morgan fingerprint density at radius 1 is 0.964 bits per heavy atom. The fourth-order valence-corrected chi connectivity index (χ4v) is 2.64. The smallest absolute Gasteiger partial charge is 0.203 e.